The third-order valence-electron chi connectivity index (χ3n) is 1.54. The number of thiol groups is 1. The fourth-order valence-electron chi connectivity index (χ4n) is 0.922. The molecule has 15 heavy (non-hydrogen) atoms. The Kier molecular flexibility index (Phi) is 3.63. The Bertz CT molecular complexity index is 465. The lowest BCUT2D eigenvalue weighted by Gasteiger charge is -1.97. The zero-order valence-electron chi connectivity index (χ0n) is 7.33. The van der Waals surface area contributed by atoms with Crippen molar-refractivity contribution in [2.75, 3.05) is 5.75 Å². The molecule has 1 rings (SSSR count). The van der Waals surface area contributed by atoms with E-state index in [9.17, 15) is 18.9 Å². The summed E-state index contributed by atoms with van der Waals surface area (Å²) in [5.74, 6) is 2.51. The molecule has 0 fully saturated rings. The molecule has 0 aliphatic carbocycles. The number of nitro groups is 1. The molecule has 0 unspecified atom stereocenters. The van der Waals surface area contributed by atoms with E-state index < -0.39 is 22.2 Å². The summed E-state index contributed by atoms with van der Waals surface area (Å²) in [5, 5.41) is 10.5. The first-order valence-corrected chi connectivity index (χ1v) is 4.42. The second kappa shape index (κ2) is 4.75. The molecule has 6 heteroatoms. The molecule has 0 spiro atoms. The Hall–Kier alpha value is -1.61. The van der Waals surface area contributed by atoms with Crippen molar-refractivity contribution >= 4 is 18.3 Å². The van der Waals surface area contributed by atoms with E-state index in [1.165, 1.54) is 0 Å². The Labute approximate surface area is 89.7 Å². The molecule has 0 amide bonds. The normalized spacial score (nSPS) is 9.27. The Morgan fingerprint density at radius 3 is 2.53 bits per heavy atom. The molecule has 78 valence electrons. The van der Waals surface area contributed by atoms with Crippen molar-refractivity contribution in [3.8, 4) is 11.8 Å². The molecule has 0 heterocycles. The van der Waals surface area contributed by atoms with Gasteiger partial charge in [0.1, 0.15) is 5.56 Å². The second-order valence-electron chi connectivity index (χ2n) is 2.50. The van der Waals surface area contributed by atoms with Crippen molar-refractivity contribution in [1.82, 2.24) is 0 Å². The molecular weight excluding hydrogens is 224 g/mol. The topological polar surface area (TPSA) is 43.1 Å². The molecule has 0 saturated heterocycles. The monoisotopic (exact) mass is 229 g/mol. The van der Waals surface area contributed by atoms with Gasteiger partial charge in [0.2, 0.25) is 0 Å². The molecule has 1 aromatic rings. The van der Waals surface area contributed by atoms with Crippen molar-refractivity contribution in [3.05, 3.63) is 39.4 Å². The third-order valence-corrected chi connectivity index (χ3v) is 1.70. The second-order valence-corrected chi connectivity index (χ2v) is 2.82. The van der Waals surface area contributed by atoms with Crippen LogP contribution in [0.25, 0.3) is 0 Å². The summed E-state index contributed by atoms with van der Waals surface area (Å²) >= 11 is 3.77. The largest absolute Gasteiger partial charge is 0.288 e. The summed E-state index contributed by atoms with van der Waals surface area (Å²) in [5.41, 5.74) is -0.712. The van der Waals surface area contributed by atoms with Crippen molar-refractivity contribution in [3.63, 3.8) is 0 Å². The van der Waals surface area contributed by atoms with Gasteiger partial charge in [0.05, 0.1) is 16.7 Å². The smallest absolute Gasteiger partial charge is 0.258 e. The first-order chi connectivity index (χ1) is 7.06. The summed E-state index contributed by atoms with van der Waals surface area (Å²) in [6.45, 7) is 0. The van der Waals surface area contributed by atoms with E-state index in [0.29, 0.717) is 12.1 Å². The van der Waals surface area contributed by atoms with Gasteiger partial charge < -0.3 is 0 Å². The van der Waals surface area contributed by atoms with Crippen molar-refractivity contribution in [1.29, 1.82) is 0 Å². The summed E-state index contributed by atoms with van der Waals surface area (Å²) in [6, 6.07) is 1.21. The van der Waals surface area contributed by atoms with E-state index in [-0.39, 0.29) is 11.3 Å². The molecule has 0 N–H and O–H groups in total. The lowest BCUT2D eigenvalue weighted by molar-refractivity contribution is -0.385. The van der Waals surface area contributed by atoms with Crippen LogP contribution in [0.4, 0.5) is 14.5 Å². The Morgan fingerprint density at radius 1 is 1.40 bits per heavy atom. The molecule has 1 aromatic carbocycles. The number of hydrogen-bond donors (Lipinski definition) is 1. The van der Waals surface area contributed by atoms with Gasteiger partial charge >= 0.3 is 0 Å². The number of nitrogens with zero attached hydrogens (tertiary/aromatic N) is 1. The minimum Gasteiger partial charge on any atom is -0.258 e. The van der Waals surface area contributed by atoms with Crippen LogP contribution >= 0.6 is 12.6 Å². The van der Waals surface area contributed by atoms with E-state index in [4.69, 9.17) is 0 Å². The van der Waals surface area contributed by atoms with Crippen LogP contribution in [0.1, 0.15) is 5.56 Å². The summed E-state index contributed by atoms with van der Waals surface area (Å²) in [4.78, 5) is 9.66. The van der Waals surface area contributed by atoms with Crippen LogP contribution in [0.3, 0.4) is 0 Å². The highest BCUT2D eigenvalue weighted by Gasteiger charge is 2.16. The first kappa shape index (κ1) is 11.5. The molecule has 0 aliphatic heterocycles. The predicted octanol–water partition coefficient (Wildman–Crippen LogP) is 2.15. The summed E-state index contributed by atoms with van der Waals surface area (Å²) in [6.07, 6.45) is 0. The highest BCUT2D eigenvalue weighted by Crippen LogP contribution is 2.21. The van der Waals surface area contributed by atoms with Gasteiger partial charge in [-0.1, -0.05) is 11.8 Å². The number of hydrogen-bond acceptors (Lipinski definition) is 3. The van der Waals surface area contributed by atoms with Gasteiger partial charge in [0, 0.05) is 0 Å². The van der Waals surface area contributed by atoms with Gasteiger partial charge in [-0.2, -0.15) is 12.6 Å². The van der Waals surface area contributed by atoms with E-state index in [1.54, 1.807) is 0 Å². The summed E-state index contributed by atoms with van der Waals surface area (Å²) in [7, 11) is 0. The fourth-order valence-corrected chi connectivity index (χ4v) is 1.00. The fraction of sp³-hybridized carbons (Fsp3) is 0.111. The maximum atomic E-state index is 12.8. The molecular formula is C9H5F2NO2S. The van der Waals surface area contributed by atoms with Crippen LogP contribution < -0.4 is 0 Å². The molecule has 3 nitrogen and oxygen atoms in total. The lowest BCUT2D eigenvalue weighted by Crippen LogP contribution is -1.96. The van der Waals surface area contributed by atoms with E-state index in [0.717, 1.165) is 0 Å². The first-order valence-electron chi connectivity index (χ1n) is 3.79. The number of halogens is 2. The maximum absolute atomic E-state index is 12.8. The Morgan fingerprint density at radius 2 is 2.00 bits per heavy atom. The van der Waals surface area contributed by atoms with Gasteiger partial charge in [0.15, 0.2) is 11.6 Å². The van der Waals surface area contributed by atoms with E-state index >= 15 is 0 Å². The van der Waals surface area contributed by atoms with Gasteiger partial charge in [-0.05, 0) is 6.07 Å². The van der Waals surface area contributed by atoms with Crippen LogP contribution in [0.5, 0.6) is 0 Å². The summed E-state index contributed by atoms with van der Waals surface area (Å²) < 4.78 is 25.5. The Balaban J connectivity index is 3.34. The number of rotatable bonds is 1. The van der Waals surface area contributed by atoms with Crippen LogP contribution in [-0.4, -0.2) is 10.7 Å². The van der Waals surface area contributed by atoms with Gasteiger partial charge in [-0.15, -0.1) is 0 Å². The van der Waals surface area contributed by atoms with Gasteiger partial charge in [-0.3, -0.25) is 10.1 Å². The van der Waals surface area contributed by atoms with E-state index in [1.807, 2.05) is 0 Å². The minimum absolute atomic E-state index is 0.159. The molecule has 0 radical (unpaired) electrons. The van der Waals surface area contributed by atoms with Gasteiger partial charge in [0.25, 0.3) is 5.69 Å². The zero-order valence-corrected chi connectivity index (χ0v) is 8.22. The molecule has 0 aliphatic rings. The molecule has 0 atom stereocenters. The van der Waals surface area contributed by atoms with E-state index in [2.05, 4.69) is 24.5 Å². The van der Waals surface area contributed by atoms with Crippen molar-refractivity contribution < 1.29 is 13.7 Å². The molecule has 0 bridgehead atoms. The van der Waals surface area contributed by atoms with Gasteiger partial charge in [-0.25, -0.2) is 8.78 Å². The molecule has 0 saturated carbocycles. The van der Waals surface area contributed by atoms with Crippen LogP contribution in [-0.2, 0) is 0 Å². The maximum Gasteiger partial charge on any atom is 0.288 e. The number of benzene rings is 1. The van der Waals surface area contributed by atoms with Crippen molar-refractivity contribution in [2.24, 2.45) is 0 Å². The highest BCUT2D eigenvalue weighted by molar-refractivity contribution is 7.80. The van der Waals surface area contributed by atoms with Crippen LogP contribution in [0, 0.1) is 33.6 Å². The average molecular weight is 229 g/mol. The predicted molar refractivity (Wildman–Crippen MR) is 53.7 cm³/mol. The number of nitro benzene ring substituents is 1. The van der Waals surface area contributed by atoms with Crippen LogP contribution in [0.2, 0.25) is 0 Å². The zero-order chi connectivity index (χ0) is 11.4. The average Bonchev–Trinajstić information content (AvgIpc) is 2.19. The minimum atomic E-state index is -1.27. The highest BCUT2D eigenvalue weighted by atomic mass is 32.1. The lowest BCUT2D eigenvalue weighted by atomic mass is 10.1. The molecule has 0 aromatic heterocycles. The van der Waals surface area contributed by atoms with Crippen LogP contribution in [0.15, 0.2) is 12.1 Å². The van der Waals surface area contributed by atoms with Crippen molar-refractivity contribution in [2.45, 2.75) is 0 Å². The standard InChI is InChI=1S/C9H5F2NO2S/c10-7-4-6(2-1-3-15)9(12(13)14)5-8(7)11/h4-5,15H,3H2. The SMILES string of the molecule is O=[N+]([O-])c1cc(F)c(F)cc1C#CCS. The quantitative estimate of drug-likeness (QED) is 0.347. The third kappa shape index (κ3) is 2.67.